The van der Waals surface area contributed by atoms with Crippen LogP contribution in [0, 0.1) is 0 Å². The summed E-state index contributed by atoms with van der Waals surface area (Å²) < 4.78 is 23.1. The molecule has 1 atom stereocenters. The summed E-state index contributed by atoms with van der Waals surface area (Å²) in [6.45, 7) is 0.872. The molecule has 1 aliphatic heterocycles. The molecule has 1 saturated carbocycles. The zero-order valence-electron chi connectivity index (χ0n) is 6.41. The van der Waals surface area contributed by atoms with E-state index in [1.165, 1.54) is 0 Å². The van der Waals surface area contributed by atoms with E-state index in [0.717, 1.165) is 32.2 Å². The third-order valence-electron chi connectivity index (χ3n) is 2.40. The Hall–Kier alpha value is -0.0900. The average Bonchev–Trinajstić information content (AvgIpc) is 2.66. The lowest BCUT2D eigenvalue weighted by Crippen LogP contribution is -2.33. The summed E-state index contributed by atoms with van der Waals surface area (Å²) in [5.74, 6) is 0. The van der Waals surface area contributed by atoms with Gasteiger partial charge < -0.3 is 5.32 Å². The van der Waals surface area contributed by atoms with Crippen molar-refractivity contribution in [2.24, 2.45) is 0 Å². The van der Waals surface area contributed by atoms with Crippen LogP contribution in [0.1, 0.15) is 25.7 Å². The van der Waals surface area contributed by atoms with Gasteiger partial charge in [0.15, 0.2) is 9.84 Å². The SMILES string of the molecule is O=S(=O)(C1CC1)C1CCCN1. The molecule has 2 rings (SSSR count). The highest BCUT2D eigenvalue weighted by molar-refractivity contribution is 7.92. The van der Waals surface area contributed by atoms with E-state index in [1.54, 1.807) is 0 Å². The van der Waals surface area contributed by atoms with Gasteiger partial charge in [0.1, 0.15) is 5.37 Å². The lowest BCUT2D eigenvalue weighted by molar-refractivity contribution is 0.570. The average molecular weight is 175 g/mol. The van der Waals surface area contributed by atoms with Crippen LogP contribution in [0.15, 0.2) is 0 Å². The fourth-order valence-electron chi connectivity index (χ4n) is 1.56. The predicted octanol–water partition coefficient (Wildman–Crippen LogP) is 0.273. The Morgan fingerprint density at radius 1 is 1.18 bits per heavy atom. The highest BCUT2D eigenvalue weighted by Gasteiger charge is 2.41. The predicted molar refractivity (Wildman–Crippen MR) is 43.0 cm³/mol. The monoisotopic (exact) mass is 175 g/mol. The minimum atomic E-state index is -2.78. The molecule has 0 amide bonds. The molecule has 1 heterocycles. The normalized spacial score (nSPS) is 32.5. The smallest absolute Gasteiger partial charge is 0.168 e. The van der Waals surface area contributed by atoms with Crippen LogP contribution in [0.5, 0.6) is 0 Å². The highest BCUT2D eigenvalue weighted by Crippen LogP contribution is 2.32. The summed E-state index contributed by atoms with van der Waals surface area (Å²) in [5, 5.41) is 2.82. The number of nitrogens with one attached hydrogen (secondary N) is 1. The Bertz CT molecular complexity index is 237. The third kappa shape index (κ3) is 1.29. The van der Waals surface area contributed by atoms with Crippen molar-refractivity contribution in [2.75, 3.05) is 6.54 Å². The number of rotatable bonds is 2. The van der Waals surface area contributed by atoms with Crippen LogP contribution in [0.2, 0.25) is 0 Å². The minimum absolute atomic E-state index is 0.00176. The molecule has 0 spiro atoms. The van der Waals surface area contributed by atoms with E-state index in [-0.39, 0.29) is 10.6 Å². The molecule has 2 aliphatic rings. The fourth-order valence-corrected chi connectivity index (χ4v) is 3.66. The molecule has 3 nitrogen and oxygen atoms in total. The Morgan fingerprint density at radius 3 is 2.36 bits per heavy atom. The van der Waals surface area contributed by atoms with E-state index < -0.39 is 9.84 Å². The Labute approximate surface area is 67.1 Å². The van der Waals surface area contributed by atoms with Crippen molar-refractivity contribution in [1.82, 2.24) is 5.32 Å². The standard InChI is InChI=1S/C7H13NO2S/c9-11(10,6-3-4-6)7-2-1-5-8-7/h6-8H,1-5H2. The molecule has 64 valence electrons. The summed E-state index contributed by atoms with van der Waals surface area (Å²) in [6.07, 6.45) is 3.61. The molecule has 11 heavy (non-hydrogen) atoms. The quantitative estimate of drug-likeness (QED) is 0.655. The molecule has 0 radical (unpaired) electrons. The first-order valence-electron chi connectivity index (χ1n) is 4.17. The molecule has 1 aliphatic carbocycles. The molecule has 0 aromatic heterocycles. The van der Waals surface area contributed by atoms with Crippen LogP contribution < -0.4 is 5.32 Å². The molecule has 1 N–H and O–H groups in total. The van der Waals surface area contributed by atoms with Crippen LogP contribution in [-0.2, 0) is 9.84 Å². The van der Waals surface area contributed by atoms with Crippen molar-refractivity contribution in [1.29, 1.82) is 0 Å². The largest absolute Gasteiger partial charge is 0.301 e. The van der Waals surface area contributed by atoms with Crippen LogP contribution in [0.3, 0.4) is 0 Å². The zero-order chi connectivity index (χ0) is 7.90. The van der Waals surface area contributed by atoms with Gasteiger partial charge in [-0.05, 0) is 32.2 Å². The lowest BCUT2D eigenvalue weighted by Gasteiger charge is -2.09. The molecule has 4 heteroatoms. The number of hydrogen-bond donors (Lipinski definition) is 1. The molecule has 0 aromatic carbocycles. The van der Waals surface area contributed by atoms with Crippen molar-refractivity contribution in [3.63, 3.8) is 0 Å². The second kappa shape index (κ2) is 2.45. The molecule has 0 bridgehead atoms. The Morgan fingerprint density at radius 2 is 1.91 bits per heavy atom. The van der Waals surface area contributed by atoms with Crippen molar-refractivity contribution < 1.29 is 8.42 Å². The third-order valence-corrected chi connectivity index (χ3v) is 5.00. The first-order chi connectivity index (χ1) is 5.21. The highest BCUT2D eigenvalue weighted by atomic mass is 32.2. The van der Waals surface area contributed by atoms with Gasteiger partial charge in [-0.3, -0.25) is 0 Å². The zero-order valence-corrected chi connectivity index (χ0v) is 7.23. The van der Waals surface area contributed by atoms with Crippen LogP contribution in [0.4, 0.5) is 0 Å². The molecule has 2 fully saturated rings. The summed E-state index contributed by atoms with van der Waals surface area (Å²) in [5.41, 5.74) is 0. The lowest BCUT2D eigenvalue weighted by atomic mass is 10.4. The van der Waals surface area contributed by atoms with Gasteiger partial charge in [-0.2, -0.15) is 0 Å². The van der Waals surface area contributed by atoms with E-state index in [4.69, 9.17) is 0 Å². The van der Waals surface area contributed by atoms with Crippen LogP contribution >= 0.6 is 0 Å². The Kier molecular flexibility index (Phi) is 1.68. The van der Waals surface area contributed by atoms with Gasteiger partial charge in [0, 0.05) is 0 Å². The minimum Gasteiger partial charge on any atom is -0.301 e. The maximum atomic E-state index is 11.5. The summed E-state index contributed by atoms with van der Waals surface area (Å²) in [7, 11) is -2.78. The van der Waals surface area contributed by atoms with Gasteiger partial charge in [0.2, 0.25) is 0 Å². The summed E-state index contributed by atoms with van der Waals surface area (Å²) >= 11 is 0. The van der Waals surface area contributed by atoms with Gasteiger partial charge in [-0.1, -0.05) is 0 Å². The second-order valence-corrected chi connectivity index (χ2v) is 5.79. The van der Waals surface area contributed by atoms with Gasteiger partial charge in [-0.15, -0.1) is 0 Å². The van der Waals surface area contributed by atoms with E-state index in [1.807, 2.05) is 0 Å². The number of hydrogen-bond acceptors (Lipinski definition) is 3. The topological polar surface area (TPSA) is 46.2 Å². The molecular weight excluding hydrogens is 162 g/mol. The van der Waals surface area contributed by atoms with Gasteiger partial charge in [0.25, 0.3) is 0 Å². The van der Waals surface area contributed by atoms with E-state index in [9.17, 15) is 8.42 Å². The van der Waals surface area contributed by atoms with Crippen molar-refractivity contribution in [2.45, 2.75) is 36.3 Å². The van der Waals surface area contributed by atoms with Crippen molar-refractivity contribution >= 4 is 9.84 Å². The molecule has 1 unspecified atom stereocenters. The molecule has 1 saturated heterocycles. The second-order valence-electron chi connectivity index (χ2n) is 3.37. The van der Waals surface area contributed by atoms with E-state index in [0.29, 0.717) is 0 Å². The first-order valence-corrected chi connectivity index (χ1v) is 5.78. The first kappa shape index (κ1) is 7.55. The van der Waals surface area contributed by atoms with E-state index >= 15 is 0 Å². The van der Waals surface area contributed by atoms with Crippen LogP contribution in [-0.4, -0.2) is 25.6 Å². The van der Waals surface area contributed by atoms with Crippen LogP contribution in [0.25, 0.3) is 0 Å². The molecule has 0 aromatic rings. The number of sulfone groups is 1. The van der Waals surface area contributed by atoms with E-state index in [2.05, 4.69) is 5.32 Å². The Balaban J connectivity index is 2.12. The summed E-state index contributed by atoms with van der Waals surface area (Å²) in [6, 6.07) is 0. The maximum Gasteiger partial charge on any atom is 0.168 e. The van der Waals surface area contributed by atoms with Crippen molar-refractivity contribution in [3.05, 3.63) is 0 Å². The fraction of sp³-hybridized carbons (Fsp3) is 1.00. The maximum absolute atomic E-state index is 11.5. The van der Waals surface area contributed by atoms with Crippen molar-refractivity contribution in [3.8, 4) is 0 Å². The molecular formula is C7H13NO2S. The summed E-state index contributed by atoms with van der Waals surface area (Å²) in [4.78, 5) is 0. The van der Waals surface area contributed by atoms with Gasteiger partial charge in [0.05, 0.1) is 5.25 Å². The van der Waals surface area contributed by atoms with Gasteiger partial charge in [-0.25, -0.2) is 8.42 Å². The van der Waals surface area contributed by atoms with Gasteiger partial charge >= 0.3 is 0 Å².